The van der Waals surface area contributed by atoms with Crippen molar-refractivity contribution < 1.29 is 14.3 Å². The van der Waals surface area contributed by atoms with E-state index < -0.39 is 5.91 Å². The van der Waals surface area contributed by atoms with Gasteiger partial charge in [-0.3, -0.25) is 4.79 Å². The zero-order valence-corrected chi connectivity index (χ0v) is 18.2. The average Bonchev–Trinajstić information content (AvgIpc) is 2.68. The van der Waals surface area contributed by atoms with E-state index in [0.717, 1.165) is 5.56 Å². The summed E-state index contributed by atoms with van der Waals surface area (Å²) in [7, 11) is 0. The molecule has 0 spiro atoms. The van der Waals surface area contributed by atoms with E-state index in [4.69, 9.17) is 27.5 Å². The number of anilines is 1. The summed E-state index contributed by atoms with van der Waals surface area (Å²) in [5.74, 6) is 2.77. The molecule has 5 nitrogen and oxygen atoms in total. The molecule has 0 radical (unpaired) electrons. The van der Waals surface area contributed by atoms with Crippen molar-refractivity contribution >= 4 is 45.2 Å². The number of halogens is 2. The number of carbonyl (C=O) groups excluding carboxylic acids is 1. The third-order valence-corrected chi connectivity index (χ3v) is 4.58. The Kier molecular flexibility index (Phi) is 8.15. The lowest BCUT2D eigenvalue weighted by atomic mass is 10.1. The first-order valence-electron chi connectivity index (χ1n) is 8.61. The van der Waals surface area contributed by atoms with Crippen LogP contribution in [0.1, 0.15) is 18.1 Å². The van der Waals surface area contributed by atoms with Crippen molar-refractivity contribution in [1.29, 1.82) is 5.26 Å². The molecule has 0 aliphatic heterocycles. The molecule has 0 heterocycles. The number of rotatable bonds is 7. The number of hydrogen-bond acceptors (Lipinski definition) is 4. The van der Waals surface area contributed by atoms with Crippen molar-refractivity contribution in [3.05, 3.63) is 56.5 Å². The second-order valence-electron chi connectivity index (χ2n) is 5.84. The zero-order valence-electron chi connectivity index (χ0n) is 15.9. The molecule has 1 N–H and O–H groups in total. The lowest BCUT2D eigenvalue weighted by Gasteiger charge is -2.13. The molecular weight excluding hydrogens is 456 g/mol. The Morgan fingerprint density at radius 1 is 1.34 bits per heavy atom. The van der Waals surface area contributed by atoms with Gasteiger partial charge in [-0.25, -0.2) is 0 Å². The van der Waals surface area contributed by atoms with E-state index in [0.29, 0.717) is 38.9 Å². The standard InChI is InChI=1S/C22H18BrClN2O3/c1-4-8-29-21-18(23)10-15(11-20(21)28-5-2)9-16(13-25)22(27)26-19-12-17(24)7-6-14(19)3/h1,6-7,9-12H,5,8H2,2-3H3,(H,26,27)/b16-9+. The monoisotopic (exact) mass is 472 g/mol. The Hall–Kier alpha value is -2.93. The molecule has 0 fully saturated rings. The van der Waals surface area contributed by atoms with Gasteiger partial charge in [0.2, 0.25) is 0 Å². The van der Waals surface area contributed by atoms with E-state index in [2.05, 4.69) is 27.2 Å². The number of carbonyl (C=O) groups is 1. The van der Waals surface area contributed by atoms with Gasteiger partial charge in [-0.15, -0.1) is 6.42 Å². The summed E-state index contributed by atoms with van der Waals surface area (Å²) in [5, 5.41) is 12.7. The number of aryl methyl sites for hydroxylation is 1. The minimum absolute atomic E-state index is 0.0731. The van der Waals surface area contributed by atoms with Crippen molar-refractivity contribution in [1.82, 2.24) is 0 Å². The van der Waals surface area contributed by atoms with Crippen LogP contribution in [0.3, 0.4) is 0 Å². The van der Waals surface area contributed by atoms with Crippen LogP contribution >= 0.6 is 27.5 Å². The normalized spacial score (nSPS) is 10.6. The van der Waals surface area contributed by atoms with Gasteiger partial charge in [-0.05, 0) is 71.2 Å². The highest BCUT2D eigenvalue weighted by Gasteiger charge is 2.15. The fraction of sp³-hybridized carbons (Fsp3) is 0.182. The molecule has 7 heteroatoms. The molecule has 0 atom stereocenters. The van der Waals surface area contributed by atoms with Gasteiger partial charge in [0.05, 0.1) is 11.1 Å². The van der Waals surface area contributed by atoms with E-state index in [1.54, 1.807) is 30.3 Å². The molecule has 1 amide bonds. The molecule has 0 saturated heterocycles. The van der Waals surface area contributed by atoms with Crippen LogP contribution in [0.15, 0.2) is 40.4 Å². The number of benzene rings is 2. The number of nitrogens with one attached hydrogen (secondary N) is 1. The summed E-state index contributed by atoms with van der Waals surface area (Å²) in [5.41, 5.74) is 1.88. The molecule has 0 aliphatic rings. The number of hydrogen-bond donors (Lipinski definition) is 1. The molecule has 2 aromatic rings. The van der Waals surface area contributed by atoms with E-state index in [9.17, 15) is 10.1 Å². The third kappa shape index (κ3) is 6.02. The van der Waals surface area contributed by atoms with E-state index in [1.165, 1.54) is 6.08 Å². The lowest BCUT2D eigenvalue weighted by Crippen LogP contribution is -2.14. The Bertz CT molecular complexity index is 1040. The summed E-state index contributed by atoms with van der Waals surface area (Å²) in [6.07, 6.45) is 6.72. The second kappa shape index (κ2) is 10.6. The highest BCUT2D eigenvalue weighted by atomic mass is 79.9. The number of nitriles is 1. The molecule has 0 unspecified atom stereocenters. The minimum atomic E-state index is -0.542. The summed E-state index contributed by atoms with van der Waals surface area (Å²) in [6.45, 7) is 4.16. The highest BCUT2D eigenvalue weighted by Crippen LogP contribution is 2.37. The SMILES string of the molecule is C#CCOc1c(Br)cc(/C=C(\C#N)C(=O)Nc2cc(Cl)ccc2C)cc1OCC. The van der Waals surface area contributed by atoms with Gasteiger partial charge >= 0.3 is 0 Å². The molecule has 0 aliphatic carbocycles. The Morgan fingerprint density at radius 2 is 2.10 bits per heavy atom. The zero-order chi connectivity index (χ0) is 21.4. The minimum Gasteiger partial charge on any atom is -0.490 e. The maximum atomic E-state index is 12.6. The topological polar surface area (TPSA) is 71.3 Å². The van der Waals surface area contributed by atoms with E-state index in [-0.39, 0.29) is 12.2 Å². The summed E-state index contributed by atoms with van der Waals surface area (Å²) in [4.78, 5) is 12.6. The number of terminal acetylenes is 1. The van der Waals surface area contributed by atoms with Gasteiger partial charge in [-0.2, -0.15) is 5.26 Å². The van der Waals surface area contributed by atoms with Gasteiger partial charge in [0, 0.05) is 10.7 Å². The van der Waals surface area contributed by atoms with Crippen LogP contribution in [-0.2, 0) is 4.79 Å². The van der Waals surface area contributed by atoms with Crippen molar-refractivity contribution in [2.75, 3.05) is 18.5 Å². The van der Waals surface area contributed by atoms with Crippen LogP contribution in [0.4, 0.5) is 5.69 Å². The number of amides is 1. The first-order valence-corrected chi connectivity index (χ1v) is 9.78. The molecule has 2 rings (SSSR count). The first-order chi connectivity index (χ1) is 13.9. The molecule has 0 saturated carbocycles. The van der Waals surface area contributed by atoms with Crippen molar-refractivity contribution in [2.45, 2.75) is 13.8 Å². The average molecular weight is 474 g/mol. The van der Waals surface area contributed by atoms with Crippen LogP contribution < -0.4 is 14.8 Å². The van der Waals surface area contributed by atoms with Crippen LogP contribution in [0.5, 0.6) is 11.5 Å². The largest absolute Gasteiger partial charge is 0.490 e. The fourth-order valence-electron chi connectivity index (χ4n) is 2.42. The predicted octanol–water partition coefficient (Wildman–Crippen LogP) is 5.37. The number of nitrogens with zero attached hydrogens (tertiary/aromatic N) is 1. The fourth-order valence-corrected chi connectivity index (χ4v) is 3.17. The highest BCUT2D eigenvalue weighted by molar-refractivity contribution is 9.10. The number of ether oxygens (including phenoxy) is 2. The summed E-state index contributed by atoms with van der Waals surface area (Å²) < 4.78 is 11.7. The predicted molar refractivity (Wildman–Crippen MR) is 118 cm³/mol. The van der Waals surface area contributed by atoms with Crippen molar-refractivity contribution in [3.8, 4) is 29.9 Å². The Balaban J connectivity index is 2.36. The van der Waals surface area contributed by atoms with Gasteiger partial charge in [0.15, 0.2) is 11.5 Å². The van der Waals surface area contributed by atoms with E-state index in [1.807, 2.05) is 19.9 Å². The van der Waals surface area contributed by atoms with Crippen molar-refractivity contribution in [3.63, 3.8) is 0 Å². The molecule has 148 valence electrons. The maximum Gasteiger partial charge on any atom is 0.266 e. The van der Waals surface area contributed by atoms with Gasteiger partial charge in [0.1, 0.15) is 18.2 Å². The maximum absolute atomic E-state index is 12.6. The van der Waals surface area contributed by atoms with Crippen LogP contribution in [0, 0.1) is 30.6 Å². The third-order valence-electron chi connectivity index (χ3n) is 3.76. The summed E-state index contributed by atoms with van der Waals surface area (Å²) in [6, 6.07) is 10.5. The van der Waals surface area contributed by atoms with Crippen LogP contribution in [0.25, 0.3) is 6.08 Å². The summed E-state index contributed by atoms with van der Waals surface area (Å²) >= 11 is 9.40. The lowest BCUT2D eigenvalue weighted by molar-refractivity contribution is -0.112. The smallest absolute Gasteiger partial charge is 0.266 e. The van der Waals surface area contributed by atoms with Crippen LogP contribution in [-0.4, -0.2) is 19.1 Å². The van der Waals surface area contributed by atoms with Crippen molar-refractivity contribution in [2.24, 2.45) is 0 Å². The Labute approximate surface area is 183 Å². The Morgan fingerprint density at radius 3 is 2.76 bits per heavy atom. The van der Waals surface area contributed by atoms with Gasteiger partial charge in [-0.1, -0.05) is 23.6 Å². The van der Waals surface area contributed by atoms with Gasteiger partial charge < -0.3 is 14.8 Å². The van der Waals surface area contributed by atoms with Gasteiger partial charge in [0.25, 0.3) is 5.91 Å². The van der Waals surface area contributed by atoms with Crippen LogP contribution in [0.2, 0.25) is 5.02 Å². The molecule has 0 aromatic heterocycles. The quantitative estimate of drug-likeness (QED) is 0.333. The molecule has 29 heavy (non-hydrogen) atoms. The molecular formula is C22H18BrClN2O3. The second-order valence-corrected chi connectivity index (χ2v) is 7.13. The molecule has 2 aromatic carbocycles. The van der Waals surface area contributed by atoms with E-state index >= 15 is 0 Å². The molecule has 0 bridgehead atoms. The first kappa shape index (κ1) is 22.4.